The van der Waals surface area contributed by atoms with E-state index < -0.39 is 16.1 Å². The van der Waals surface area contributed by atoms with Crippen LogP contribution in [0.25, 0.3) is 82.7 Å². The minimum Gasteiger partial charge on any atom is -0.309 e. The van der Waals surface area contributed by atoms with E-state index in [1.54, 1.807) is 0 Å². The van der Waals surface area contributed by atoms with E-state index in [9.17, 15) is 0 Å². The quantitative estimate of drug-likeness (QED) is 0.0758. The number of para-hydroxylation sites is 1. The van der Waals surface area contributed by atoms with Crippen molar-refractivity contribution in [3.63, 3.8) is 0 Å². The predicted octanol–water partition coefficient (Wildman–Crippen LogP) is 17.2. The van der Waals surface area contributed by atoms with Crippen LogP contribution >= 0.6 is 11.7 Å². The van der Waals surface area contributed by atoms with E-state index in [1.165, 1.54) is 85.8 Å². The van der Waals surface area contributed by atoms with Gasteiger partial charge in [-0.2, -0.15) is 8.75 Å². The summed E-state index contributed by atoms with van der Waals surface area (Å²) in [4.78, 5) is 2.35. The van der Waals surface area contributed by atoms with E-state index in [0.29, 0.717) is 0 Å². The first-order chi connectivity index (χ1) is 47.1. The Morgan fingerprint density at radius 1 is 0.263 bits per heavy atom. The molecule has 0 unspecified atom stereocenters. The van der Waals surface area contributed by atoms with Crippen LogP contribution in [-0.2, 0) is 0 Å². The highest BCUT2D eigenvalue weighted by atomic mass is 32.1. The van der Waals surface area contributed by atoms with Gasteiger partial charge in [0.15, 0.2) is 16.1 Å². The van der Waals surface area contributed by atoms with Crippen LogP contribution in [0, 0.1) is 0 Å². The molecule has 0 aliphatic heterocycles. The third-order valence-electron chi connectivity index (χ3n) is 19.4. The maximum atomic E-state index is 5.14. The number of aromatic nitrogens is 3. The van der Waals surface area contributed by atoms with E-state index in [1.807, 2.05) is 0 Å². The van der Waals surface area contributed by atoms with Crippen molar-refractivity contribution < 1.29 is 0 Å². The molecular weight excluding hydrogens is 1200 g/mol. The van der Waals surface area contributed by atoms with Gasteiger partial charge >= 0.3 is 0 Å². The molecule has 2 heterocycles. The summed E-state index contributed by atoms with van der Waals surface area (Å²) >= 11 is 1.26. The maximum Gasteiger partial charge on any atom is 0.179 e. The molecule has 0 N–H and O–H groups in total. The Hall–Kier alpha value is -11.6. The molecule has 17 aromatic rings. The second-order valence-electron chi connectivity index (χ2n) is 24.5. The Morgan fingerprint density at radius 3 is 1.06 bits per heavy atom. The maximum absolute atomic E-state index is 5.14. The molecule has 0 aliphatic carbocycles. The first kappa shape index (κ1) is 57.3. The van der Waals surface area contributed by atoms with Gasteiger partial charge in [-0.3, -0.25) is 0 Å². The molecule has 15 aromatic carbocycles. The number of rotatable bonds is 15. The molecule has 0 aliphatic rings. The zero-order chi connectivity index (χ0) is 63.1. The topological polar surface area (TPSA) is 34.0 Å². The molecule has 0 fully saturated rings. The van der Waals surface area contributed by atoms with Crippen LogP contribution in [0.2, 0.25) is 0 Å². The Labute approximate surface area is 559 Å². The van der Waals surface area contributed by atoms with Crippen molar-refractivity contribution in [1.29, 1.82) is 0 Å². The molecule has 448 valence electrons. The molecule has 0 amide bonds. The van der Waals surface area contributed by atoms with Crippen molar-refractivity contribution in [3.05, 3.63) is 376 Å². The summed E-state index contributed by atoms with van der Waals surface area (Å²) in [5.41, 5.74) is 14.9. The van der Waals surface area contributed by atoms with Crippen LogP contribution < -0.4 is 46.4 Å². The van der Waals surface area contributed by atoms with Crippen LogP contribution in [-0.4, -0.2) is 29.5 Å². The lowest BCUT2D eigenvalue weighted by atomic mass is 10.0. The molecule has 2 aromatic heterocycles. The molecule has 95 heavy (non-hydrogen) atoms. The van der Waals surface area contributed by atoms with Gasteiger partial charge in [0.25, 0.3) is 0 Å². The van der Waals surface area contributed by atoms with Gasteiger partial charge in [0.1, 0.15) is 11.0 Å². The first-order valence-electron chi connectivity index (χ1n) is 32.5. The molecule has 0 radical (unpaired) electrons. The Kier molecular flexibility index (Phi) is 14.8. The summed E-state index contributed by atoms with van der Waals surface area (Å²) in [6, 6.07) is 139. The van der Waals surface area contributed by atoms with Crippen molar-refractivity contribution in [3.8, 4) is 39.1 Å². The predicted molar refractivity (Wildman–Crippen MR) is 407 cm³/mol. The fraction of sp³-hybridized carbons (Fsp3) is 0. The number of benzene rings is 15. The minimum atomic E-state index is -2.70. The number of nitrogens with zero attached hydrogens (tertiary/aromatic N) is 4. The average molecular weight is 1260 g/mol. The molecular formula is C88H62N4SSi2. The number of anilines is 3. The zero-order valence-electron chi connectivity index (χ0n) is 52.0. The lowest BCUT2D eigenvalue weighted by molar-refractivity contribution is 1.18. The van der Waals surface area contributed by atoms with E-state index in [4.69, 9.17) is 8.75 Å². The van der Waals surface area contributed by atoms with Crippen LogP contribution in [0.5, 0.6) is 0 Å². The van der Waals surface area contributed by atoms with E-state index >= 15 is 0 Å². The van der Waals surface area contributed by atoms with Gasteiger partial charge in [0.2, 0.25) is 0 Å². The Balaban J connectivity index is 0.750. The zero-order valence-corrected chi connectivity index (χ0v) is 54.8. The normalized spacial score (nSPS) is 11.8. The van der Waals surface area contributed by atoms with Crippen molar-refractivity contribution in [2.24, 2.45) is 0 Å². The Morgan fingerprint density at radius 2 is 0.621 bits per heavy atom. The summed E-state index contributed by atoms with van der Waals surface area (Å²) in [7, 11) is -5.39. The van der Waals surface area contributed by atoms with Crippen molar-refractivity contribution in [2.45, 2.75) is 0 Å². The standard InChI is InChI=1S/C88H62N4SSi2/c1-7-24-72(25-8-1)94(73-26-9-2-10-27-73,74-28-11-3-12-29-74)78-56-45-65(46-57-78)63-39-50-69(51-40-63)91(70-52-41-64(42-53-70)66-47-58-79(59-48-66)95(75-30-13-4-14-31-75,76-32-15-5-16-33-76)77-34-17-6-18-35-77)85-62-60-81(87-88(85)90-93-89-87)68-43-54-71(55-44-68)92-83-38-22-21-37-82(83)86-80-36-20-19-23-67(80)49-61-84(86)92/h1-62H. The highest BCUT2D eigenvalue weighted by Gasteiger charge is 2.43. The van der Waals surface area contributed by atoms with Gasteiger partial charge in [-0.1, -0.05) is 315 Å². The largest absolute Gasteiger partial charge is 0.309 e. The summed E-state index contributed by atoms with van der Waals surface area (Å²) in [6.45, 7) is 0. The number of fused-ring (bicyclic) bond motifs is 6. The molecule has 7 heteroatoms. The summed E-state index contributed by atoms with van der Waals surface area (Å²) in [5.74, 6) is 0. The highest BCUT2D eigenvalue weighted by molar-refractivity contribution is 7.20. The van der Waals surface area contributed by atoms with Crippen molar-refractivity contribution in [1.82, 2.24) is 13.3 Å². The third-order valence-corrected chi connectivity index (χ3v) is 29.6. The lowest BCUT2D eigenvalue weighted by Crippen LogP contribution is -2.74. The van der Waals surface area contributed by atoms with Gasteiger partial charge in [-0.25, -0.2) is 0 Å². The highest BCUT2D eigenvalue weighted by Crippen LogP contribution is 2.43. The fourth-order valence-electron chi connectivity index (χ4n) is 15.1. The number of hydrogen-bond donors (Lipinski definition) is 0. The molecule has 0 saturated carbocycles. The SMILES string of the molecule is c1ccc([Si](c2ccccc2)(c2ccccc2)c2ccc(-c3ccc(N(c4ccc(-c5ccc([Si](c6ccccc6)(c6ccccc6)c6ccccc6)cc5)cc4)c4ccc(-c5ccc(-n6c7ccccc7c7c8ccccc8ccc76)cc5)c5nsnc45)cc3)cc2)cc1. The van der Waals surface area contributed by atoms with Gasteiger partial charge < -0.3 is 9.47 Å². The second kappa shape index (κ2) is 24.5. The van der Waals surface area contributed by atoms with E-state index in [2.05, 4.69) is 386 Å². The molecule has 4 nitrogen and oxygen atoms in total. The lowest BCUT2D eigenvalue weighted by Gasteiger charge is -2.34. The van der Waals surface area contributed by atoms with Gasteiger partial charge in [0.05, 0.1) is 28.4 Å². The monoisotopic (exact) mass is 1260 g/mol. The van der Waals surface area contributed by atoms with Gasteiger partial charge in [-0.05, 0) is 141 Å². The van der Waals surface area contributed by atoms with Crippen LogP contribution in [0.15, 0.2) is 376 Å². The molecule has 0 spiro atoms. The van der Waals surface area contributed by atoms with Crippen LogP contribution in [0.4, 0.5) is 17.1 Å². The minimum absolute atomic E-state index is 0.843. The second-order valence-corrected chi connectivity index (χ2v) is 32.6. The van der Waals surface area contributed by atoms with E-state index in [0.717, 1.165) is 67.2 Å². The molecule has 0 saturated heterocycles. The molecule has 0 atom stereocenters. The molecule has 0 bridgehead atoms. The van der Waals surface area contributed by atoms with Gasteiger partial charge in [-0.15, -0.1) is 0 Å². The van der Waals surface area contributed by atoms with Crippen molar-refractivity contribution in [2.75, 3.05) is 4.90 Å². The van der Waals surface area contributed by atoms with Crippen molar-refractivity contribution >= 4 is 130 Å². The summed E-state index contributed by atoms with van der Waals surface area (Å²) in [5, 5.41) is 15.8. The Bertz CT molecular complexity index is 5130. The average Bonchev–Trinajstić information content (AvgIpc) is 1.74. The third kappa shape index (κ3) is 9.87. The van der Waals surface area contributed by atoms with Gasteiger partial charge in [0, 0.05) is 33.4 Å². The van der Waals surface area contributed by atoms with Crippen LogP contribution in [0.3, 0.4) is 0 Å². The molecule has 17 rings (SSSR count). The number of hydrogen-bond acceptors (Lipinski definition) is 4. The summed E-state index contributed by atoms with van der Waals surface area (Å²) in [6.07, 6.45) is 0. The smallest absolute Gasteiger partial charge is 0.179 e. The van der Waals surface area contributed by atoms with E-state index in [-0.39, 0.29) is 0 Å². The summed E-state index contributed by atoms with van der Waals surface area (Å²) < 4.78 is 12.6. The van der Waals surface area contributed by atoms with Crippen LogP contribution in [0.1, 0.15) is 0 Å². The fourth-order valence-corrected chi connectivity index (χ4v) is 25.1. The first-order valence-corrected chi connectivity index (χ1v) is 37.2.